The van der Waals surface area contributed by atoms with Crippen molar-refractivity contribution >= 4 is 27.0 Å². The van der Waals surface area contributed by atoms with Crippen molar-refractivity contribution in [3.63, 3.8) is 0 Å². The average molecular weight is 476 g/mol. The molecule has 1 N–H and O–H groups in total. The van der Waals surface area contributed by atoms with E-state index in [1.807, 2.05) is 13.8 Å². The van der Waals surface area contributed by atoms with Crippen LogP contribution >= 0.6 is 0 Å². The Hall–Kier alpha value is -3.05. The van der Waals surface area contributed by atoms with Crippen molar-refractivity contribution in [2.75, 3.05) is 26.2 Å². The monoisotopic (exact) mass is 475 g/mol. The zero-order valence-corrected chi connectivity index (χ0v) is 19.6. The number of hydrogen-bond acceptors (Lipinski definition) is 5. The Labute approximate surface area is 190 Å². The lowest BCUT2D eigenvalue weighted by molar-refractivity contribution is -0.132. The molecule has 1 aromatic carbocycles. The summed E-state index contributed by atoms with van der Waals surface area (Å²) in [7, 11) is -2.20. The molecule has 0 unspecified atom stereocenters. The van der Waals surface area contributed by atoms with E-state index >= 15 is 0 Å². The number of aryl methyl sites for hydroxylation is 3. The summed E-state index contributed by atoms with van der Waals surface area (Å²) in [6.45, 7) is 4.33. The van der Waals surface area contributed by atoms with E-state index in [9.17, 15) is 22.4 Å². The van der Waals surface area contributed by atoms with Gasteiger partial charge in [0.05, 0.1) is 5.69 Å². The van der Waals surface area contributed by atoms with E-state index in [0.717, 1.165) is 22.7 Å². The number of H-pyrrole nitrogens is 1. The first-order valence-electron chi connectivity index (χ1n) is 10.7. The van der Waals surface area contributed by atoms with Crippen molar-refractivity contribution in [3.05, 3.63) is 57.3 Å². The van der Waals surface area contributed by atoms with Crippen LogP contribution < -0.4 is 5.56 Å². The molecule has 9 nitrogen and oxygen atoms in total. The number of benzene rings is 1. The van der Waals surface area contributed by atoms with Crippen molar-refractivity contribution in [2.45, 2.75) is 31.6 Å². The van der Waals surface area contributed by atoms with Crippen LogP contribution in [0.2, 0.25) is 0 Å². The molecule has 1 amide bonds. The fourth-order valence-electron chi connectivity index (χ4n) is 4.42. The number of aromatic nitrogens is 3. The highest BCUT2D eigenvalue weighted by Crippen LogP contribution is 2.23. The summed E-state index contributed by atoms with van der Waals surface area (Å²) < 4.78 is 42.3. The minimum Gasteiger partial charge on any atom is -0.340 e. The highest BCUT2D eigenvalue weighted by molar-refractivity contribution is 7.89. The third-order valence-electron chi connectivity index (χ3n) is 6.19. The van der Waals surface area contributed by atoms with Crippen molar-refractivity contribution in [2.24, 2.45) is 7.05 Å². The van der Waals surface area contributed by atoms with E-state index in [2.05, 4.69) is 10.1 Å². The van der Waals surface area contributed by atoms with Gasteiger partial charge >= 0.3 is 0 Å². The predicted molar refractivity (Wildman–Crippen MR) is 121 cm³/mol. The standard InChI is InChI=1S/C22H26FN5O4S/c1-14-16(22(30)24-21-20(14)15(2)25-26(21)3)8-9-19(29)27-10-12-28(13-11-27)33(31,32)18-7-5-4-6-17(18)23/h4-7H,8-13H2,1-3H3,(H,24,30). The highest BCUT2D eigenvalue weighted by Gasteiger charge is 2.31. The molecule has 3 aromatic rings. The van der Waals surface area contributed by atoms with Gasteiger partial charge in [-0.05, 0) is 38.0 Å². The highest BCUT2D eigenvalue weighted by atomic mass is 32.2. The van der Waals surface area contributed by atoms with Crippen molar-refractivity contribution in [1.82, 2.24) is 24.0 Å². The number of pyridine rings is 1. The normalized spacial score (nSPS) is 15.3. The second-order valence-electron chi connectivity index (χ2n) is 8.21. The molecule has 0 spiro atoms. The zero-order chi connectivity index (χ0) is 23.9. The Bertz CT molecular complexity index is 1390. The first-order chi connectivity index (χ1) is 15.6. The van der Waals surface area contributed by atoms with Crippen LogP contribution in [0.3, 0.4) is 0 Å². The Morgan fingerprint density at radius 2 is 1.82 bits per heavy atom. The van der Waals surface area contributed by atoms with Gasteiger partial charge in [0.25, 0.3) is 5.56 Å². The molecule has 0 aliphatic carbocycles. The molecule has 33 heavy (non-hydrogen) atoms. The molecule has 0 atom stereocenters. The van der Waals surface area contributed by atoms with Gasteiger partial charge in [0.2, 0.25) is 15.9 Å². The second-order valence-corrected chi connectivity index (χ2v) is 10.1. The maximum atomic E-state index is 14.0. The maximum Gasteiger partial charge on any atom is 0.253 e. The van der Waals surface area contributed by atoms with Gasteiger partial charge in [-0.1, -0.05) is 12.1 Å². The molecule has 3 heterocycles. The summed E-state index contributed by atoms with van der Waals surface area (Å²) in [5.41, 5.74) is 2.58. The molecule has 1 fully saturated rings. The molecule has 1 aliphatic heterocycles. The Morgan fingerprint density at radius 3 is 2.48 bits per heavy atom. The molecule has 0 bridgehead atoms. The van der Waals surface area contributed by atoms with E-state index in [1.54, 1.807) is 16.6 Å². The molecule has 4 rings (SSSR count). The molecule has 176 valence electrons. The number of aromatic amines is 1. The van der Waals surface area contributed by atoms with Crippen LogP contribution in [0.25, 0.3) is 11.0 Å². The van der Waals surface area contributed by atoms with Gasteiger partial charge in [0, 0.05) is 50.6 Å². The van der Waals surface area contributed by atoms with Crippen LogP contribution in [0.1, 0.15) is 23.2 Å². The van der Waals surface area contributed by atoms with Gasteiger partial charge in [-0.3, -0.25) is 14.3 Å². The van der Waals surface area contributed by atoms with E-state index < -0.39 is 15.8 Å². The largest absolute Gasteiger partial charge is 0.340 e. The van der Waals surface area contributed by atoms with E-state index in [0.29, 0.717) is 11.2 Å². The van der Waals surface area contributed by atoms with Crippen molar-refractivity contribution < 1.29 is 17.6 Å². The number of piperazine rings is 1. The summed E-state index contributed by atoms with van der Waals surface area (Å²) in [6, 6.07) is 5.26. The van der Waals surface area contributed by atoms with Crippen LogP contribution in [0.5, 0.6) is 0 Å². The number of nitrogens with zero attached hydrogens (tertiary/aromatic N) is 4. The smallest absolute Gasteiger partial charge is 0.253 e. The fourth-order valence-corrected chi connectivity index (χ4v) is 5.90. The number of amides is 1. The van der Waals surface area contributed by atoms with Crippen LogP contribution in [0, 0.1) is 19.7 Å². The lowest BCUT2D eigenvalue weighted by Crippen LogP contribution is -2.50. The molecular formula is C22H26FN5O4S. The molecule has 11 heteroatoms. The minimum atomic E-state index is -3.96. The number of hydrogen-bond donors (Lipinski definition) is 1. The molecular weight excluding hydrogens is 449 g/mol. The number of carbonyl (C=O) groups excluding carboxylic acids is 1. The molecule has 1 saturated heterocycles. The number of nitrogens with one attached hydrogen (secondary N) is 1. The van der Waals surface area contributed by atoms with Crippen LogP contribution in [-0.2, 0) is 28.3 Å². The molecule has 0 radical (unpaired) electrons. The summed E-state index contributed by atoms with van der Waals surface area (Å²) >= 11 is 0. The van der Waals surface area contributed by atoms with Gasteiger partial charge < -0.3 is 9.88 Å². The van der Waals surface area contributed by atoms with Crippen LogP contribution in [-0.4, -0.2) is 64.5 Å². The molecule has 1 aliphatic rings. The summed E-state index contributed by atoms with van der Waals surface area (Å²) in [5.74, 6) is -0.947. The quantitative estimate of drug-likeness (QED) is 0.601. The molecule has 0 saturated carbocycles. The Kier molecular flexibility index (Phi) is 6.10. The average Bonchev–Trinajstić information content (AvgIpc) is 3.06. The summed E-state index contributed by atoms with van der Waals surface area (Å²) in [5, 5.41) is 5.23. The van der Waals surface area contributed by atoms with Gasteiger partial charge in [-0.2, -0.15) is 9.40 Å². The first kappa shape index (κ1) is 23.1. The lowest BCUT2D eigenvalue weighted by atomic mass is 10.0. The number of carbonyl (C=O) groups is 1. The molecule has 2 aromatic heterocycles. The number of halogens is 1. The van der Waals surface area contributed by atoms with Crippen molar-refractivity contribution in [3.8, 4) is 0 Å². The number of rotatable bonds is 5. The second kappa shape index (κ2) is 8.71. The fraction of sp³-hybridized carbons (Fsp3) is 0.409. The van der Waals surface area contributed by atoms with Gasteiger partial charge in [-0.15, -0.1) is 0 Å². The third kappa shape index (κ3) is 4.18. The number of sulfonamides is 1. The summed E-state index contributed by atoms with van der Waals surface area (Å²) in [4.78, 5) is 29.5. The van der Waals surface area contributed by atoms with Crippen LogP contribution in [0.15, 0.2) is 34.0 Å². The van der Waals surface area contributed by atoms with Gasteiger partial charge in [0.15, 0.2) is 0 Å². The lowest BCUT2D eigenvalue weighted by Gasteiger charge is -2.34. The van der Waals surface area contributed by atoms with Gasteiger partial charge in [-0.25, -0.2) is 12.8 Å². The third-order valence-corrected chi connectivity index (χ3v) is 8.12. The Balaban J connectivity index is 1.42. The van der Waals surface area contributed by atoms with Crippen molar-refractivity contribution in [1.29, 1.82) is 0 Å². The minimum absolute atomic E-state index is 0.0862. The van der Waals surface area contributed by atoms with Crippen LogP contribution in [0.4, 0.5) is 4.39 Å². The summed E-state index contributed by atoms with van der Waals surface area (Å²) in [6.07, 6.45) is 0.410. The Morgan fingerprint density at radius 1 is 1.15 bits per heavy atom. The van der Waals surface area contributed by atoms with Gasteiger partial charge in [0.1, 0.15) is 16.4 Å². The van der Waals surface area contributed by atoms with E-state index in [-0.39, 0.29) is 55.4 Å². The SMILES string of the molecule is Cc1nn(C)c2[nH]c(=O)c(CCC(=O)N3CCN(S(=O)(=O)c4ccccc4F)CC3)c(C)c12. The maximum absolute atomic E-state index is 14.0. The zero-order valence-electron chi connectivity index (χ0n) is 18.8. The number of fused-ring (bicyclic) bond motifs is 1. The first-order valence-corrected chi connectivity index (χ1v) is 12.1. The topological polar surface area (TPSA) is 108 Å². The predicted octanol–water partition coefficient (Wildman–Crippen LogP) is 1.48. The van der Waals surface area contributed by atoms with E-state index in [4.69, 9.17) is 0 Å². The van der Waals surface area contributed by atoms with E-state index in [1.165, 1.54) is 22.5 Å².